The molecule has 1 aromatic heterocycles. The highest BCUT2D eigenvalue weighted by atomic mass is 19.1. The molecule has 0 atom stereocenters. The molecule has 3 aromatic rings. The Morgan fingerprint density at radius 2 is 1.97 bits per heavy atom. The van der Waals surface area contributed by atoms with Crippen molar-refractivity contribution in [1.82, 2.24) is 14.8 Å². The predicted octanol–water partition coefficient (Wildman–Crippen LogP) is 4.07. The summed E-state index contributed by atoms with van der Waals surface area (Å²) >= 11 is 0. The van der Waals surface area contributed by atoms with Crippen LogP contribution in [-0.4, -0.2) is 60.1 Å². The average Bonchev–Trinajstić information content (AvgIpc) is 3.22. The molecule has 1 saturated heterocycles. The summed E-state index contributed by atoms with van der Waals surface area (Å²) in [7, 11) is 0. The number of aromatic nitrogens is 1. The Kier molecular flexibility index (Phi) is 5.57. The summed E-state index contributed by atoms with van der Waals surface area (Å²) in [6.45, 7) is 5.49. The van der Waals surface area contributed by atoms with E-state index in [9.17, 15) is 9.18 Å². The smallest absolute Gasteiger partial charge is 0.254 e. The highest BCUT2D eigenvalue weighted by Gasteiger charge is 2.21. The van der Waals surface area contributed by atoms with E-state index in [1.807, 2.05) is 35.4 Å². The number of fused-ring (bicyclic) bond motifs is 1. The fourth-order valence-electron chi connectivity index (χ4n) is 4.47. The first-order chi connectivity index (χ1) is 15.2. The van der Waals surface area contributed by atoms with Crippen molar-refractivity contribution >= 4 is 22.4 Å². The van der Waals surface area contributed by atoms with Crippen molar-refractivity contribution in [2.45, 2.75) is 13.0 Å². The molecule has 0 bridgehead atoms. The van der Waals surface area contributed by atoms with Gasteiger partial charge in [0.1, 0.15) is 5.82 Å². The number of halogens is 1. The Labute approximate surface area is 181 Å². The van der Waals surface area contributed by atoms with Gasteiger partial charge in [0, 0.05) is 61.0 Å². The predicted molar refractivity (Wildman–Crippen MR) is 119 cm³/mol. The fourth-order valence-corrected chi connectivity index (χ4v) is 4.47. The summed E-state index contributed by atoms with van der Waals surface area (Å²) in [5, 5.41) is 1.02. The SMILES string of the molecule is O=C(c1cccc(CN2CCOCC2)c1)N1CC=C(c2c[nH]c3cc(F)ccc23)CC1. The summed E-state index contributed by atoms with van der Waals surface area (Å²) in [4.78, 5) is 20.5. The van der Waals surface area contributed by atoms with Gasteiger partial charge in [-0.1, -0.05) is 18.2 Å². The Morgan fingerprint density at radius 1 is 1.10 bits per heavy atom. The zero-order chi connectivity index (χ0) is 21.2. The molecule has 2 aliphatic heterocycles. The van der Waals surface area contributed by atoms with Crippen LogP contribution in [-0.2, 0) is 11.3 Å². The molecule has 0 unspecified atom stereocenters. The zero-order valence-electron chi connectivity index (χ0n) is 17.4. The number of benzene rings is 2. The van der Waals surface area contributed by atoms with Crippen LogP contribution in [0.25, 0.3) is 16.5 Å². The van der Waals surface area contributed by atoms with E-state index in [1.165, 1.54) is 17.7 Å². The number of nitrogens with zero attached hydrogens (tertiary/aromatic N) is 2. The molecule has 3 heterocycles. The molecule has 2 aliphatic rings. The Morgan fingerprint density at radius 3 is 2.77 bits per heavy atom. The van der Waals surface area contributed by atoms with Crippen molar-refractivity contribution < 1.29 is 13.9 Å². The van der Waals surface area contributed by atoms with Gasteiger partial charge in [-0.3, -0.25) is 9.69 Å². The van der Waals surface area contributed by atoms with Gasteiger partial charge in [0.05, 0.1) is 13.2 Å². The molecule has 6 heteroatoms. The van der Waals surface area contributed by atoms with Crippen LogP contribution in [0.1, 0.15) is 27.9 Å². The van der Waals surface area contributed by atoms with E-state index in [2.05, 4.69) is 22.0 Å². The number of hydrogen-bond acceptors (Lipinski definition) is 3. The number of hydrogen-bond donors (Lipinski definition) is 1. The van der Waals surface area contributed by atoms with Crippen LogP contribution >= 0.6 is 0 Å². The molecular formula is C25H26FN3O2. The Bertz CT molecular complexity index is 1130. The minimum Gasteiger partial charge on any atom is -0.379 e. The lowest BCUT2D eigenvalue weighted by Crippen LogP contribution is -2.36. The molecule has 0 aliphatic carbocycles. The summed E-state index contributed by atoms with van der Waals surface area (Å²) in [5.41, 5.74) is 4.99. The topological polar surface area (TPSA) is 48.6 Å². The first kappa shape index (κ1) is 20.0. The summed E-state index contributed by atoms with van der Waals surface area (Å²) in [6, 6.07) is 12.8. The first-order valence-electron chi connectivity index (χ1n) is 10.8. The van der Waals surface area contributed by atoms with Gasteiger partial charge in [0.2, 0.25) is 0 Å². The van der Waals surface area contributed by atoms with E-state index in [-0.39, 0.29) is 11.7 Å². The van der Waals surface area contributed by atoms with Gasteiger partial charge in [-0.15, -0.1) is 0 Å². The van der Waals surface area contributed by atoms with Gasteiger partial charge in [0.25, 0.3) is 5.91 Å². The maximum absolute atomic E-state index is 13.5. The quantitative estimate of drug-likeness (QED) is 0.694. The number of amides is 1. The molecule has 160 valence electrons. The van der Waals surface area contributed by atoms with Gasteiger partial charge in [-0.05, 0) is 47.9 Å². The van der Waals surface area contributed by atoms with Gasteiger partial charge in [0.15, 0.2) is 0 Å². The van der Waals surface area contributed by atoms with Crippen LogP contribution in [0.2, 0.25) is 0 Å². The standard InChI is InChI=1S/C25H26FN3O2/c26-21-4-5-22-23(16-27-24(22)15-21)19-6-8-29(9-7-19)25(30)20-3-1-2-18(14-20)17-28-10-12-31-13-11-28/h1-6,14-16,27H,7-13,17H2. The van der Waals surface area contributed by atoms with Gasteiger partial charge in [-0.2, -0.15) is 0 Å². The first-order valence-corrected chi connectivity index (χ1v) is 10.8. The van der Waals surface area contributed by atoms with E-state index in [0.29, 0.717) is 13.1 Å². The average molecular weight is 420 g/mol. The third-order valence-corrected chi connectivity index (χ3v) is 6.17. The number of aromatic amines is 1. The highest BCUT2D eigenvalue weighted by molar-refractivity contribution is 5.96. The zero-order valence-corrected chi connectivity index (χ0v) is 17.4. The lowest BCUT2D eigenvalue weighted by atomic mass is 9.98. The number of morpholine rings is 1. The summed E-state index contributed by atoms with van der Waals surface area (Å²) in [6.07, 6.45) is 4.83. The van der Waals surface area contributed by atoms with Crippen molar-refractivity contribution in [3.63, 3.8) is 0 Å². The van der Waals surface area contributed by atoms with Crippen molar-refractivity contribution in [2.24, 2.45) is 0 Å². The minimum absolute atomic E-state index is 0.0696. The second kappa shape index (κ2) is 8.65. The van der Waals surface area contributed by atoms with Crippen molar-refractivity contribution in [3.05, 3.63) is 77.2 Å². The number of ether oxygens (including phenoxy) is 1. The van der Waals surface area contributed by atoms with Crippen LogP contribution in [0.15, 0.2) is 54.7 Å². The number of rotatable bonds is 4. The third-order valence-electron chi connectivity index (χ3n) is 6.17. The molecule has 5 rings (SSSR count). The van der Waals surface area contributed by atoms with Gasteiger partial charge in [-0.25, -0.2) is 4.39 Å². The van der Waals surface area contributed by atoms with E-state index < -0.39 is 0 Å². The summed E-state index contributed by atoms with van der Waals surface area (Å²) in [5.74, 6) is -0.175. The van der Waals surface area contributed by atoms with E-state index >= 15 is 0 Å². The van der Waals surface area contributed by atoms with Gasteiger partial charge >= 0.3 is 0 Å². The molecule has 0 radical (unpaired) electrons. The second-order valence-electron chi connectivity index (χ2n) is 8.21. The second-order valence-corrected chi connectivity index (χ2v) is 8.21. The molecule has 0 spiro atoms. The summed E-state index contributed by atoms with van der Waals surface area (Å²) < 4.78 is 18.9. The normalized spacial score (nSPS) is 17.7. The van der Waals surface area contributed by atoms with Crippen molar-refractivity contribution in [1.29, 1.82) is 0 Å². The number of carbonyl (C=O) groups excluding carboxylic acids is 1. The molecule has 5 nitrogen and oxygen atoms in total. The minimum atomic E-state index is -0.244. The van der Waals surface area contributed by atoms with E-state index in [4.69, 9.17) is 4.74 Å². The van der Waals surface area contributed by atoms with Crippen LogP contribution in [0, 0.1) is 5.82 Å². The lowest BCUT2D eigenvalue weighted by molar-refractivity contribution is 0.0341. The molecule has 1 fully saturated rings. The van der Waals surface area contributed by atoms with Crippen LogP contribution < -0.4 is 0 Å². The van der Waals surface area contributed by atoms with Crippen LogP contribution in [0.5, 0.6) is 0 Å². The van der Waals surface area contributed by atoms with Gasteiger partial charge < -0.3 is 14.6 Å². The van der Waals surface area contributed by atoms with Crippen molar-refractivity contribution in [3.8, 4) is 0 Å². The van der Waals surface area contributed by atoms with Crippen LogP contribution in [0.4, 0.5) is 4.39 Å². The largest absolute Gasteiger partial charge is 0.379 e. The number of nitrogens with one attached hydrogen (secondary N) is 1. The Hall–Kier alpha value is -2.96. The van der Waals surface area contributed by atoms with Crippen LogP contribution in [0.3, 0.4) is 0 Å². The van der Waals surface area contributed by atoms with E-state index in [1.54, 1.807) is 0 Å². The highest BCUT2D eigenvalue weighted by Crippen LogP contribution is 2.30. The number of H-pyrrole nitrogens is 1. The fraction of sp³-hybridized carbons (Fsp3) is 0.320. The Balaban J connectivity index is 1.28. The molecule has 2 aromatic carbocycles. The third kappa shape index (κ3) is 4.27. The molecule has 1 N–H and O–H groups in total. The lowest BCUT2D eigenvalue weighted by Gasteiger charge is -2.28. The molecule has 1 amide bonds. The van der Waals surface area contributed by atoms with E-state index in [0.717, 1.165) is 66.9 Å². The molecular weight excluding hydrogens is 393 g/mol. The number of carbonyl (C=O) groups is 1. The maximum Gasteiger partial charge on any atom is 0.254 e. The molecule has 0 saturated carbocycles. The molecule has 31 heavy (non-hydrogen) atoms. The maximum atomic E-state index is 13.5. The van der Waals surface area contributed by atoms with Crippen molar-refractivity contribution in [2.75, 3.05) is 39.4 Å². The monoisotopic (exact) mass is 419 g/mol.